The van der Waals surface area contributed by atoms with E-state index >= 15 is 0 Å². The fourth-order valence-corrected chi connectivity index (χ4v) is 3.24. The normalized spacial score (nSPS) is 17.6. The number of nitrogens with one attached hydrogen (secondary N) is 1. The van der Waals surface area contributed by atoms with E-state index in [0.717, 1.165) is 29.5 Å². The maximum Gasteiger partial charge on any atom is 0.317 e. The molecule has 2 N–H and O–H groups in total. The number of hydrogen-bond acceptors (Lipinski definition) is 4. The average molecular weight is 342 g/mol. The first-order valence-electron chi connectivity index (χ1n) is 8.40. The van der Waals surface area contributed by atoms with Crippen LogP contribution in [0.5, 0.6) is 0 Å². The molecule has 1 unspecified atom stereocenters. The molecule has 7 heteroatoms. The number of aromatic nitrogens is 1. The van der Waals surface area contributed by atoms with E-state index in [1.807, 2.05) is 31.3 Å². The molecule has 2 heterocycles. The third kappa shape index (κ3) is 3.81. The molecule has 1 aromatic heterocycles. The molecule has 2 amide bonds. The van der Waals surface area contributed by atoms with Crippen molar-refractivity contribution in [1.29, 1.82) is 0 Å². The molecule has 0 saturated carbocycles. The molecule has 1 fully saturated rings. The van der Waals surface area contributed by atoms with Crippen molar-refractivity contribution in [2.24, 2.45) is 0 Å². The van der Waals surface area contributed by atoms with Gasteiger partial charge in [0.2, 0.25) is 0 Å². The van der Waals surface area contributed by atoms with Crippen LogP contribution in [-0.4, -0.2) is 59.2 Å². The second kappa shape index (κ2) is 7.38. The summed E-state index contributed by atoms with van der Waals surface area (Å²) in [5.74, 6) is -0.913. The molecule has 0 radical (unpaired) electrons. The van der Waals surface area contributed by atoms with Crippen molar-refractivity contribution in [1.82, 2.24) is 15.2 Å². The van der Waals surface area contributed by atoms with Gasteiger partial charge in [0.1, 0.15) is 0 Å². The molecule has 1 atom stereocenters. The Kier molecular flexibility index (Phi) is 5.02. The van der Waals surface area contributed by atoms with Crippen molar-refractivity contribution in [2.45, 2.75) is 19.4 Å². The van der Waals surface area contributed by atoms with Gasteiger partial charge in [0.15, 0.2) is 0 Å². The van der Waals surface area contributed by atoms with E-state index in [4.69, 9.17) is 5.11 Å². The number of anilines is 1. The number of carboxylic acids is 1. The number of carbonyl (C=O) groups excluding carboxylic acids is 1. The number of urea groups is 1. The molecular weight excluding hydrogens is 320 g/mol. The van der Waals surface area contributed by atoms with Crippen molar-refractivity contribution >= 4 is 28.5 Å². The molecule has 25 heavy (non-hydrogen) atoms. The van der Waals surface area contributed by atoms with Gasteiger partial charge >= 0.3 is 12.0 Å². The quantitative estimate of drug-likeness (QED) is 0.887. The highest BCUT2D eigenvalue weighted by Crippen LogP contribution is 2.28. The minimum Gasteiger partial charge on any atom is -0.481 e. The number of carboxylic acid groups (broad SMARTS) is 1. The largest absolute Gasteiger partial charge is 0.481 e. The highest BCUT2D eigenvalue weighted by atomic mass is 16.4. The lowest BCUT2D eigenvalue weighted by molar-refractivity contribution is -0.136. The second-order valence-electron chi connectivity index (χ2n) is 6.24. The van der Waals surface area contributed by atoms with Crippen LogP contribution in [0.2, 0.25) is 0 Å². The Hall–Kier alpha value is -2.83. The fraction of sp³-hybridized carbons (Fsp3) is 0.389. The van der Waals surface area contributed by atoms with Crippen LogP contribution in [0, 0.1) is 0 Å². The van der Waals surface area contributed by atoms with E-state index in [-0.39, 0.29) is 25.0 Å². The first-order valence-corrected chi connectivity index (χ1v) is 8.40. The van der Waals surface area contributed by atoms with Gasteiger partial charge in [-0.1, -0.05) is 12.1 Å². The number of benzene rings is 1. The summed E-state index contributed by atoms with van der Waals surface area (Å²) in [7, 11) is 0. The van der Waals surface area contributed by atoms with Crippen LogP contribution in [0.4, 0.5) is 10.5 Å². The molecule has 7 nitrogen and oxygen atoms in total. The van der Waals surface area contributed by atoms with Crippen molar-refractivity contribution in [2.75, 3.05) is 31.1 Å². The number of hydrogen-bond donors (Lipinski definition) is 2. The number of aliphatic carboxylic acids is 1. The van der Waals surface area contributed by atoms with Crippen molar-refractivity contribution in [3.63, 3.8) is 0 Å². The molecule has 132 valence electrons. The minimum absolute atomic E-state index is 0.0377. The third-order valence-electron chi connectivity index (χ3n) is 4.50. The standard InChI is InChI=1S/C18H22N4O3/c1-13-12-21(9-10-22(13)18(25)20-8-6-17(23)24)16-4-2-3-14-11-19-7-5-15(14)16/h2-5,7,11,13H,6,8-10,12H2,1H3,(H,20,25)(H,23,24). The average Bonchev–Trinajstić information content (AvgIpc) is 2.60. The lowest BCUT2D eigenvalue weighted by Crippen LogP contribution is -2.56. The molecule has 3 rings (SSSR count). The van der Waals surface area contributed by atoms with E-state index in [1.165, 1.54) is 0 Å². The van der Waals surface area contributed by atoms with Gasteiger partial charge in [0, 0.05) is 61.1 Å². The summed E-state index contributed by atoms with van der Waals surface area (Å²) in [6, 6.07) is 8.01. The molecule has 2 aromatic rings. The second-order valence-corrected chi connectivity index (χ2v) is 6.24. The van der Waals surface area contributed by atoms with Crippen LogP contribution in [-0.2, 0) is 4.79 Å². The summed E-state index contributed by atoms with van der Waals surface area (Å²) in [6.45, 7) is 4.22. The van der Waals surface area contributed by atoms with Gasteiger partial charge in [-0.2, -0.15) is 0 Å². The van der Waals surface area contributed by atoms with Gasteiger partial charge in [0.05, 0.1) is 6.42 Å². The molecule has 0 bridgehead atoms. The monoisotopic (exact) mass is 342 g/mol. The fourth-order valence-electron chi connectivity index (χ4n) is 3.24. The van der Waals surface area contributed by atoms with E-state index in [1.54, 1.807) is 11.1 Å². The van der Waals surface area contributed by atoms with Crippen LogP contribution in [0.15, 0.2) is 36.7 Å². The third-order valence-corrected chi connectivity index (χ3v) is 4.50. The molecule has 1 aromatic carbocycles. The smallest absolute Gasteiger partial charge is 0.317 e. The lowest BCUT2D eigenvalue weighted by atomic mass is 10.1. The van der Waals surface area contributed by atoms with Gasteiger partial charge < -0.3 is 20.2 Å². The van der Waals surface area contributed by atoms with Gasteiger partial charge in [-0.25, -0.2) is 4.79 Å². The van der Waals surface area contributed by atoms with Crippen molar-refractivity contribution < 1.29 is 14.7 Å². The van der Waals surface area contributed by atoms with Gasteiger partial charge in [-0.3, -0.25) is 9.78 Å². The number of nitrogens with zero attached hydrogens (tertiary/aromatic N) is 3. The van der Waals surface area contributed by atoms with Crippen molar-refractivity contribution in [3.8, 4) is 0 Å². The molecule has 0 spiro atoms. The summed E-state index contributed by atoms with van der Waals surface area (Å²) in [5.41, 5.74) is 1.15. The molecular formula is C18H22N4O3. The highest BCUT2D eigenvalue weighted by Gasteiger charge is 2.28. The predicted molar refractivity (Wildman–Crippen MR) is 95.8 cm³/mol. The molecule has 0 aliphatic carbocycles. The van der Waals surface area contributed by atoms with Gasteiger partial charge in [-0.15, -0.1) is 0 Å². The Labute approximate surface area is 146 Å². The van der Waals surface area contributed by atoms with E-state index in [2.05, 4.69) is 21.3 Å². The first-order chi connectivity index (χ1) is 12.1. The van der Waals surface area contributed by atoms with E-state index in [9.17, 15) is 9.59 Å². The Bertz CT molecular complexity index is 775. The van der Waals surface area contributed by atoms with E-state index in [0.29, 0.717) is 6.54 Å². The zero-order valence-electron chi connectivity index (χ0n) is 14.2. The summed E-state index contributed by atoms with van der Waals surface area (Å²) < 4.78 is 0. The minimum atomic E-state index is -0.913. The number of amides is 2. The highest BCUT2D eigenvalue weighted by molar-refractivity contribution is 5.93. The zero-order chi connectivity index (χ0) is 17.8. The summed E-state index contributed by atoms with van der Waals surface area (Å²) in [4.78, 5) is 31.0. The maximum atomic E-state index is 12.2. The predicted octanol–water partition coefficient (Wildman–Crippen LogP) is 1.93. The number of fused-ring (bicyclic) bond motifs is 1. The Morgan fingerprint density at radius 3 is 2.92 bits per heavy atom. The molecule has 1 aliphatic heterocycles. The lowest BCUT2D eigenvalue weighted by Gasteiger charge is -2.41. The Morgan fingerprint density at radius 2 is 2.16 bits per heavy atom. The van der Waals surface area contributed by atoms with Crippen LogP contribution < -0.4 is 10.2 Å². The van der Waals surface area contributed by atoms with Crippen LogP contribution in [0.3, 0.4) is 0 Å². The Morgan fingerprint density at radius 1 is 1.32 bits per heavy atom. The van der Waals surface area contributed by atoms with Crippen LogP contribution in [0.1, 0.15) is 13.3 Å². The SMILES string of the molecule is CC1CN(c2cccc3cnccc23)CCN1C(=O)NCCC(=O)O. The maximum absolute atomic E-state index is 12.2. The van der Waals surface area contributed by atoms with Crippen LogP contribution >= 0.6 is 0 Å². The van der Waals surface area contributed by atoms with Gasteiger partial charge in [-0.05, 0) is 19.1 Å². The summed E-state index contributed by atoms with van der Waals surface area (Å²) in [5, 5.41) is 13.6. The first kappa shape index (κ1) is 17.0. The molecule has 1 aliphatic rings. The van der Waals surface area contributed by atoms with Crippen molar-refractivity contribution in [3.05, 3.63) is 36.7 Å². The number of pyridine rings is 1. The molecule has 1 saturated heterocycles. The van der Waals surface area contributed by atoms with Crippen LogP contribution in [0.25, 0.3) is 10.8 Å². The summed E-state index contributed by atoms with van der Waals surface area (Å²) in [6.07, 6.45) is 3.58. The number of piperazine rings is 1. The summed E-state index contributed by atoms with van der Waals surface area (Å²) >= 11 is 0. The number of carbonyl (C=O) groups is 2. The topological polar surface area (TPSA) is 85.8 Å². The Balaban J connectivity index is 1.67. The van der Waals surface area contributed by atoms with E-state index < -0.39 is 5.97 Å². The number of rotatable bonds is 4. The zero-order valence-corrected chi connectivity index (χ0v) is 14.2. The van der Waals surface area contributed by atoms with Gasteiger partial charge in [0.25, 0.3) is 0 Å².